The van der Waals surface area contributed by atoms with E-state index in [0.717, 1.165) is 0 Å². The van der Waals surface area contributed by atoms with Crippen molar-refractivity contribution < 1.29 is 18.7 Å². The molecule has 0 atom stereocenters. The summed E-state index contributed by atoms with van der Waals surface area (Å²) in [6, 6.07) is 4.47. The van der Waals surface area contributed by atoms with Crippen LogP contribution in [0.4, 0.5) is 10.1 Å². The molecule has 6 heteroatoms. The first-order valence-electron chi connectivity index (χ1n) is 5.73. The second-order valence-corrected chi connectivity index (χ2v) is 4.26. The van der Waals surface area contributed by atoms with Crippen LogP contribution < -0.4 is 5.32 Å². The predicted octanol–water partition coefficient (Wildman–Crippen LogP) is 1.18. The van der Waals surface area contributed by atoms with E-state index in [1.54, 1.807) is 26.1 Å². The SMILES string of the molecule is COC(=O)CN(C)CC(=O)Nc1ccc(C)c(F)c1. The van der Waals surface area contributed by atoms with Crippen molar-refractivity contribution in [3.05, 3.63) is 29.6 Å². The summed E-state index contributed by atoms with van der Waals surface area (Å²) >= 11 is 0. The topological polar surface area (TPSA) is 58.6 Å². The summed E-state index contributed by atoms with van der Waals surface area (Å²) in [6.07, 6.45) is 0. The number of anilines is 1. The largest absolute Gasteiger partial charge is 0.468 e. The van der Waals surface area contributed by atoms with Gasteiger partial charge in [0, 0.05) is 5.69 Å². The van der Waals surface area contributed by atoms with Crippen molar-refractivity contribution in [2.45, 2.75) is 6.92 Å². The molecule has 0 aromatic heterocycles. The number of benzene rings is 1. The number of carbonyl (C=O) groups excluding carboxylic acids is 2. The van der Waals surface area contributed by atoms with E-state index < -0.39 is 5.97 Å². The number of amides is 1. The van der Waals surface area contributed by atoms with E-state index in [1.165, 1.54) is 18.1 Å². The minimum absolute atomic E-state index is 0.0184. The molecule has 0 aliphatic carbocycles. The fourth-order valence-corrected chi connectivity index (χ4v) is 1.46. The minimum atomic E-state index is -0.420. The Morgan fingerprint density at radius 1 is 1.37 bits per heavy atom. The van der Waals surface area contributed by atoms with E-state index in [1.807, 2.05) is 0 Å². The Kier molecular flexibility index (Phi) is 5.44. The lowest BCUT2D eigenvalue weighted by Gasteiger charge is -2.14. The Bertz CT molecular complexity index is 477. The Balaban J connectivity index is 2.50. The van der Waals surface area contributed by atoms with Crippen molar-refractivity contribution >= 4 is 17.6 Å². The predicted molar refractivity (Wildman–Crippen MR) is 69.3 cm³/mol. The molecule has 0 bridgehead atoms. The lowest BCUT2D eigenvalue weighted by Crippen LogP contribution is -2.34. The van der Waals surface area contributed by atoms with Gasteiger partial charge < -0.3 is 10.1 Å². The highest BCUT2D eigenvalue weighted by atomic mass is 19.1. The van der Waals surface area contributed by atoms with Gasteiger partial charge in [-0.15, -0.1) is 0 Å². The second-order valence-electron chi connectivity index (χ2n) is 4.26. The maximum absolute atomic E-state index is 13.3. The van der Waals surface area contributed by atoms with Crippen LogP contribution in [0, 0.1) is 12.7 Å². The average molecular weight is 268 g/mol. The number of aryl methyl sites for hydroxylation is 1. The summed E-state index contributed by atoms with van der Waals surface area (Å²) in [7, 11) is 2.90. The van der Waals surface area contributed by atoms with Crippen molar-refractivity contribution in [3.8, 4) is 0 Å². The number of hydrogen-bond acceptors (Lipinski definition) is 4. The quantitative estimate of drug-likeness (QED) is 0.815. The van der Waals surface area contributed by atoms with Gasteiger partial charge in [-0.3, -0.25) is 14.5 Å². The van der Waals surface area contributed by atoms with Crippen molar-refractivity contribution in [1.29, 1.82) is 0 Å². The van der Waals surface area contributed by atoms with Gasteiger partial charge in [-0.05, 0) is 31.7 Å². The Hall–Kier alpha value is -1.95. The smallest absolute Gasteiger partial charge is 0.319 e. The molecule has 0 saturated heterocycles. The van der Waals surface area contributed by atoms with Crippen molar-refractivity contribution in [1.82, 2.24) is 4.90 Å². The number of hydrogen-bond donors (Lipinski definition) is 1. The standard InChI is InChI=1S/C13H17FN2O3/c1-9-4-5-10(6-11(9)14)15-12(17)7-16(2)8-13(18)19-3/h4-6H,7-8H2,1-3H3,(H,15,17). The highest BCUT2D eigenvalue weighted by Gasteiger charge is 2.11. The van der Waals surface area contributed by atoms with Gasteiger partial charge in [0.05, 0.1) is 20.2 Å². The number of halogens is 1. The van der Waals surface area contributed by atoms with E-state index in [0.29, 0.717) is 11.3 Å². The molecule has 104 valence electrons. The molecule has 0 radical (unpaired) electrons. The monoisotopic (exact) mass is 268 g/mol. The Morgan fingerprint density at radius 3 is 2.63 bits per heavy atom. The molecule has 1 N–H and O–H groups in total. The number of methoxy groups -OCH3 is 1. The summed E-state index contributed by atoms with van der Waals surface area (Å²) in [5, 5.41) is 2.56. The van der Waals surface area contributed by atoms with Crippen molar-refractivity contribution in [3.63, 3.8) is 0 Å². The van der Waals surface area contributed by atoms with Gasteiger partial charge >= 0.3 is 5.97 Å². The molecule has 1 aromatic rings. The first-order valence-corrected chi connectivity index (χ1v) is 5.73. The number of nitrogens with zero attached hydrogens (tertiary/aromatic N) is 1. The molecule has 1 rings (SSSR count). The van der Waals surface area contributed by atoms with Gasteiger partial charge in [0.2, 0.25) is 5.91 Å². The maximum atomic E-state index is 13.3. The number of esters is 1. The first-order chi connectivity index (χ1) is 8.92. The fourth-order valence-electron chi connectivity index (χ4n) is 1.46. The first kappa shape index (κ1) is 15.1. The van der Waals surface area contributed by atoms with Crippen molar-refractivity contribution in [2.24, 2.45) is 0 Å². The van der Waals surface area contributed by atoms with Crippen LogP contribution in [0.25, 0.3) is 0 Å². The molecule has 0 heterocycles. The molecule has 1 aromatic carbocycles. The third-order valence-corrected chi connectivity index (χ3v) is 2.50. The van der Waals surface area contributed by atoms with E-state index in [9.17, 15) is 14.0 Å². The summed E-state index contributed by atoms with van der Waals surface area (Å²) in [6.45, 7) is 1.68. The van der Waals surface area contributed by atoms with Crippen LogP contribution in [-0.2, 0) is 14.3 Å². The maximum Gasteiger partial charge on any atom is 0.319 e. The third kappa shape index (κ3) is 5.05. The van der Waals surface area contributed by atoms with Gasteiger partial charge in [0.25, 0.3) is 0 Å². The summed E-state index contributed by atoms with van der Waals surface area (Å²) in [5.74, 6) is -1.12. The van der Waals surface area contributed by atoms with Gasteiger partial charge in [-0.25, -0.2) is 4.39 Å². The van der Waals surface area contributed by atoms with E-state index in [4.69, 9.17) is 0 Å². The van der Waals surface area contributed by atoms with Crippen molar-refractivity contribution in [2.75, 3.05) is 32.6 Å². The van der Waals surface area contributed by atoms with Gasteiger partial charge in [0.1, 0.15) is 5.82 Å². The van der Waals surface area contributed by atoms with Crippen LogP contribution >= 0.6 is 0 Å². The zero-order chi connectivity index (χ0) is 14.4. The zero-order valence-electron chi connectivity index (χ0n) is 11.2. The highest BCUT2D eigenvalue weighted by molar-refractivity contribution is 5.92. The molecule has 0 aliphatic rings. The zero-order valence-corrected chi connectivity index (χ0v) is 11.2. The van der Waals surface area contributed by atoms with Gasteiger partial charge in [-0.1, -0.05) is 6.07 Å². The Labute approximate surface area is 111 Å². The van der Waals surface area contributed by atoms with Crippen LogP contribution in [0.5, 0.6) is 0 Å². The molecule has 0 aliphatic heterocycles. The van der Waals surface area contributed by atoms with Crippen LogP contribution in [-0.4, -0.2) is 44.0 Å². The number of nitrogens with one attached hydrogen (secondary N) is 1. The van der Waals surface area contributed by atoms with Crippen LogP contribution in [0.2, 0.25) is 0 Å². The summed E-state index contributed by atoms with van der Waals surface area (Å²) in [5.41, 5.74) is 0.903. The van der Waals surface area contributed by atoms with E-state index in [-0.39, 0.29) is 24.8 Å². The van der Waals surface area contributed by atoms with E-state index >= 15 is 0 Å². The van der Waals surface area contributed by atoms with Gasteiger partial charge in [0.15, 0.2) is 0 Å². The van der Waals surface area contributed by atoms with Crippen LogP contribution in [0.3, 0.4) is 0 Å². The summed E-state index contributed by atoms with van der Waals surface area (Å²) in [4.78, 5) is 24.2. The van der Waals surface area contributed by atoms with Crippen LogP contribution in [0.15, 0.2) is 18.2 Å². The number of ether oxygens (including phenoxy) is 1. The Morgan fingerprint density at radius 2 is 2.05 bits per heavy atom. The number of carbonyl (C=O) groups is 2. The fraction of sp³-hybridized carbons (Fsp3) is 0.385. The molecular weight excluding hydrogens is 251 g/mol. The lowest BCUT2D eigenvalue weighted by atomic mass is 10.2. The highest BCUT2D eigenvalue weighted by Crippen LogP contribution is 2.13. The average Bonchev–Trinajstić information content (AvgIpc) is 2.33. The molecule has 1 amide bonds. The summed E-state index contributed by atoms with van der Waals surface area (Å²) < 4.78 is 17.8. The molecule has 0 spiro atoms. The molecule has 0 unspecified atom stereocenters. The van der Waals surface area contributed by atoms with Crippen LogP contribution in [0.1, 0.15) is 5.56 Å². The van der Waals surface area contributed by atoms with E-state index in [2.05, 4.69) is 10.1 Å². The number of likely N-dealkylation sites (N-methyl/N-ethyl adjacent to an activating group) is 1. The molecule has 19 heavy (non-hydrogen) atoms. The van der Waals surface area contributed by atoms with Gasteiger partial charge in [-0.2, -0.15) is 0 Å². The normalized spacial score (nSPS) is 10.4. The molecule has 5 nitrogen and oxygen atoms in total. The minimum Gasteiger partial charge on any atom is -0.468 e. The second kappa shape index (κ2) is 6.84. The third-order valence-electron chi connectivity index (χ3n) is 2.50. The molecule has 0 fully saturated rings. The number of rotatable bonds is 5. The lowest BCUT2D eigenvalue weighted by molar-refractivity contribution is -0.141. The molecular formula is C13H17FN2O3. The molecule has 0 saturated carbocycles.